The van der Waals surface area contributed by atoms with E-state index in [4.69, 9.17) is 11.5 Å². The molecule has 0 saturated carbocycles. The fourth-order valence-corrected chi connectivity index (χ4v) is 1.64. The van der Waals surface area contributed by atoms with Gasteiger partial charge in [0.05, 0.1) is 9.75 Å². The Morgan fingerprint density at radius 3 is 2.40 bits per heavy atom. The van der Waals surface area contributed by atoms with Crippen LogP contribution in [0, 0.1) is 0 Å². The van der Waals surface area contributed by atoms with Crippen LogP contribution < -0.4 is 16.8 Å². The van der Waals surface area contributed by atoms with Crippen molar-refractivity contribution in [1.82, 2.24) is 5.32 Å². The summed E-state index contributed by atoms with van der Waals surface area (Å²) in [5, 5.41) is 2.60. The average Bonchev–Trinajstić information content (AvgIpc) is 2.62. The van der Waals surface area contributed by atoms with Crippen LogP contribution in [0.4, 0.5) is 0 Å². The average molecular weight is 250 g/mol. The van der Waals surface area contributed by atoms with Gasteiger partial charge >= 0.3 is 0 Å². The second-order valence-electron chi connectivity index (χ2n) is 2.57. The first kappa shape index (κ1) is 13.9. The summed E-state index contributed by atoms with van der Waals surface area (Å²) in [5.41, 5.74) is 10.3. The van der Waals surface area contributed by atoms with Crippen LogP contribution in [0.5, 0.6) is 0 Å². The van der Waals surface area contributed by atoms with Crippen LogP contribution in [0.15, 0.2) is 12.1 Å². The van der Waals surface area contributed by atoms with Gasteiger partial charge in [-0.25, -0.2) is 0 Å². The third kappa shape index (κ3) is 3.86. The normalized spacial score (nSPS) is 9.13. The Hall–Kier alpha value is -1.11. The summed E-state index contributed by atoms with van der Waals surface area (Å²) >= 11 is 1.07. The molecule has 0 atom stereocenters. The highest BCUT2D eigenvalue weighted by molar-refractivity contribution is 7.15. The molecule has 1 heterocycles. The zero-order chi connectivity index (χ0) is 10.6. The van der Waals surface area contributed by atoms with Crippen molar-refractivity contribution in [3.05, 3.63) is 21.9 Å². The van der Waals surface area contributed by atoms with Gasteiger partial charge in [0.15, 0.2) is 0 Å². The Bertz CT molecular complexity index is 353. The van der Waals surface area contributed by atoms with Crippen LogP contribution >= 0.6 is 23.7 Å². The molecule has 0 fully saturated rings. The number of halogens is 1. The van der Waals surface area contributed by atoms with Crippen LogP contribution in [0.25, 0.3) is 0 Å². The molecule has 1 aromatic rings. The van der Waals surface area contributed by atoms with Crippen molar-refractivity contribution in [1.29, 1.82) is 0 Å². The summed E-state index contributed by atoms with van der Waals surface area (Å²) in [7, 11) is 0. The Morgan fingerprint density at radius 2 is 1.93 bits per heavy atom. The molecule has 0 aromatic carbocycles. The highest BCUT2D eigenvalue weighted by atomic mass is 35.5. The molecule has 1 rings (SSSR count). The van der Waals surface area contributed by atoms with E-state index in [0.29, 0.717) is 22.8 Å². The highest BCUT2D eigenvalue weighted by Gasteiger charge is 2.10. The van der Waals surface area contributed by atoms with Crippen LogP contribution in [-0.2, 0) is 0 Å². The Balaban J connectivity index is 0.00000196. The number of nitrogens with two attached hydrogens (primary N) is 2. The molecule has 0 saturated heterocycles. The van der Waals surface area contributed by atoms with Crippen LogP contribution in [0.2, 0.25) is 0 Å². The van der Waals surface area contributed by atoms with Gasteiger partial charge in [-0.15, -0.1) is 23.7 Å². The molecule has 0 spiro atoms. The molecule has 5 nitrogen and oxygen atoms in total. The molecule has 84 valence electrons. The number of rotatable bonds is 4. The molecule has 0 bridgehead atoms. The molecule has 7 heteroatoms. The van der Waals surface area contributed by atoms with Gasteiger partial charge in [-0.2, -0.15) is 0 Å². The summed E-state index contributed by atoms with van der Waals surface area (Å²) in [5.74, 6) is -0.749. The van der Waals surface area contributed by atoms with Crippen molar-refractivity contribution in [2.45, 2.75) is 0 Å². The first-order chi connectivity index (χ1) is 6.65. The maximum atomic E-state index is 11.3. The smallest absolute Gasteiger partial charge is 0.261 e. The van der Waals surface area contributed by atoms with Crippen LogP contribution in [0.1, 0.15) is 19.3 Å². The largest absolute Gasteiger partial charge is 0.365 e. The number of nitrogens with one attached hydrogen (secondary N) is 1. The molecule has 5 N–H and O–H groups in total. The zero-order valence-corrected chi connectivity index (χ0v) is 9.49. The molecule has 0 aliphatic rings. The summed E-state index contributed by atoms with van der Waals surface area (Å²) in [6, 6.07) is 3.10. The molecule has 0 aliphatic heterocycles. The third-order valence-electron chi connectivity index (χ3n) is 1.50. The standard InChI is InChI=1S/C8H11N3O2S.ClH/c9-3-4-11-8(13)6-2-1-5(14-6)7(10)12;/h1-2H,3-4,9H2,(H2,10,12)(H,11,13);1H. The lowest BCUT2D eigenvalue weighted by molar-refractivity contribution is 0.0958. The van der Waals surface area contributed by atoms with Gasteiger partial charge in [0.2, 0.25) is 0 Å². The van der Waals surface area contributed by atoms with Gasteiger partial charge in [0.1, 0.15) is 0 Å². The first-order valence-corrected chi connectivity index (χ1v) is 4.84. The van der Waals surface area contributed by atoms with Crippen molar-refractivity contribution in [2.24, 2.45) is 11.5 Å². The van der Waals surface area contributed by atoms with Crippen molar-refractivity contribution < 1.29 is 9.59 Å². The van der Waals surface area contributed by atoms with Gasteiger partial charge in [0, 0.05) is 13.1 Å². The van der Waals surface area contributed by atoms with Crippen molar-refractivity contribution in [2.75, 3.05) is 13.1 Å². The number of amides is 2. The molecule has 1 aromatic heterocycles. The predicted octanol–water partition coefficient (Wildman–Crippen LogP) is -0.0427. The third-order valence-corrected chi connectivity index (χ3v) is 2.60. The van der Waals surface area contributed by atoms with Gasteiger partial charge < -0.3 is 16.8 Å². The Kier molecular flexibility index (Phi) is 5.92. The second kappa shape index (κ2) is 6.39. The van der Waals surface area contributed by atoms with E-state index >= 15 is 0 Å². The lowest BCUT2D eigenvalue weighted by atomic mass is 10.4. The van der Waals surface area contributed by atoms with Gasteiger partial charge in [-0.3, -0.25) is 9.59 Å². The van der Waals surface area contributed by atoms with Gasteiger partial charge in [-0.1, -0.05) is 0 Å². The molecule has 0 aliphatic carbocycles. The van der Waals surface area contributed by atoms with E-state index in [1.54, 1.807) is 6.07 Å². The van der Waals surface area contributed by atoms with E-state index < -0.39 is 5.91 Å². The number of thiophene rings is 1. The van der Waals surface area contributed by atoms with E-state index in [-0.39, 0.29) is 18.3 Å². The summed E-state index contributed by atoms with van der Waals surface area (Å²) in [6.07, 6.45) is 0. The number of carbonyl (C=O) groups is 2. The van der Waals surface area contributed by atoms with E-state index in [2.05, 4.69) is 5.32 Å². The maximum absolute atomic E-state index is 11.3. The van der Waals surface area contributed by atoms with Crippen molar-refractivity contribution in [3.63, 3.8) is 0 Å². The fraction of sp³-hybridized carbons (Fsp3) is 0.250. The SMILES string of the molecule is Cl.NCCNC(=O)c1ccc(C(N)=O)s1. The molecular weight excluding hydrogens is 238 g/mol. The highest BCUT2D eigenvalue weighted by Crippen LogP contribution is 2.15. The molecule has 2 amide bonds. The van der Waals surface area contributed by atoms with Gasteiger partial charge in [0.25, 0.3) is 11.8 Å². The van der Waals surface area contributed by atoms with E-state index in [1.807, 2.05) is 0 Å². The van der Waals surface area contributed by atoms with Gasteiger partial charge in [-0.05, 0) is 12.1 Å². The molecule has 15 heavy (non-hydrogen) atoms. The first-order valence-electron chi connectivity index (χ1n) is 4.03. The topological polar surface area (TPSA) is 98.2 Å². The minimum Gasteiger partial charge on any atom is -0.365 e. The van der Waals surface area contributed by atoms with Crippen LogP contribution in [0.3, 0.4) is 0 Å². The van der Waals surface area contributed by atoms with Crippen molar-refractivity contribution >= 4 is 35.6 Å². The van der Waals surface area contributed by atoms with E-state index in [1.165, 1.54) is 6.07 Å². The van der Waals surface area contributed by atoms with E-state index in [0.717, 1.165) is 11.3 Å². The molecule has 0 radical (unpaired) electrons. The molecular formula is C8H12ClN3O2S. The summed E-state index contributed by atoms with van der Waals surface area (Å²) in [4.78, 5) is 22.9. The Labute approximate surface area is 97.2 Å². The summed E-state index contributed by atoms with van der Waals surface area (Å²) in [6.45, 7) is 0.808. The monoisotopic (exact) mass is 249 g/mol. The van der Waals surface area contributed by atoms with E-state index in [9.17, 15) is 9.59 Å². The predicted molar refractivity (Wildman–Crippen MR) is 61.5 cm³/mol. The minimum atomic E-state index is -0.520. The quantitative estimate of drug-likeness (QED) is 0.698. The lowest BCUT2D eigenvalue weighted by Gasteiger charge is -1.99. The number of primary amides is 1. The number of carbonyl (C=O) groups excluding carboxylic acids is 2. The number of hydrogen-bond donors (Lipinski definition) is 3. The van der Waals surface area contributed by atoms with Crippen LogP contribution in [-0.4, -0.2) is 24.9 Å². The summed E-state index contributed by atoms with van der Waals surface area (Å²) < 4.78 is 0. The molecule has 0 unspecified atom stereocenters. The Morgan fingerprint density at radius 1 is 1.33 bits per heavy atom. The zero-order valence-electron chi connectivity index (χ0n) is 7.86. The second-order valence-corrected chi connectivity index (χ2v) is 3.66. The minimum absolute atomic E-state index is 0. The number of hydrogen-bond acceptors (Lipinski definition) is 4. The fourth-order valence-electron chi connectivity index (χ4n) is 0.865. The lowest BCUT2D eigenvalue weighted by Crippen LogP contribution is -2.28. The van der Waals surface area contributed by atoms with Crippen molar-refractivity contribution in [3.8, 4) is 0 Å². The maximum Gasteiger partial charge on any atom is 0.261 e.